The Balaban J connectivity index is 1.79. The van der Waals surface area contributed by atoms with E-state index in [1.165, 1.54) is 23.1 Å². The Hall–Kier alpha value is -1.74. The van der Waals surface area contributed by atoms with Crippen molar-refractivity contribution >= 4 is 34.1 Å². The van der Waals surface area contributed by atoms with Crippen molar-refractivity contribution in [3.05, 3.63) is 27.1 Å². The maximum absolute atomic E-state index is 12.4. The van der Waals surface area contributed by atoms with E-state index >= 15 is 0 Å². The third kappa shape index (κ3) is 3.51. The fourth-order valence-electron chi connectivity index (χ4n) is 2.31. The fraction of sp³-hybridized carbons (Fsp3) is 0.533. The molecule has 1 N–H and O–H groups in total. The molecule has 1 amide bonds. The minimum atomic E-state index is -0.299. The number of aryl methyl sites for hydroxylation is 1. The molecule has 0 radical (unpaired) electrons. The van der Waals surface area contributed by atoms with Gasteiger partial charge in [-0.2, -0.15) is 0 Å². The first-order valence-corrected chi connectivity index (χ1v) is 9.40. The average Bonchev–Trinajstić information content (AvgIpc) is 2.91. The molecule has 3 rings (SSSR count). The summed E-state index contributed by atoms with van der Waals surface area (Å²) in [6.45, 7) is 8.25. The number of hydrogen-bond acceptors (Lipinski definition) is 7. The summed E-state index contributed by atoms with van der Waals surface area (Å²) < 4.78 is 1.58. The van der Waals surface area contributed by atoms with Gasteiger partial charge < -0.3 is 5.32 Å². The number of amides is 1. The smallest absolute Gasteiger partial charge is 0.254 e. The van der Waals surface area contributed by atoms with Crippen molar-refractivity contribution in [2.45, 2.75) is 44.8 Å². The number of aromatic nitrogens is 4. The maximum Gasteiger partial charge on any atom is 0.254 e. The van der Waals surface area contributed by atoms with Gasteiger partial charge in [-0.05, 0) is 6.92 Å². The molecule has 2 aromatic heterocycles. The Morgan fingerprint density at radius 2 is 2.12 bits per heavy atom. The Morgan fingerprint density at radius 1 is 1.38 bits per heavy atom. The van der Waals surface area contributed by atoms with Crippen LogP contribution in [-0.2, 0) is 16.8 Å². The highest BCUT2D eigenvalue weighted by atomic mass is 32.2. The van der Waals surface area contributed by atoms with Crippen molar-refractivity contribution in [1.82, 2.24) is 19.7 Å². The van der Waals surface area contributed by atoms with Crippen molar-refractivity contribution in [2.75, 3.05) is 11.1 Å². The highest BCUT2D eigenvalue weighted by Crippen LogP contribution is 2.28. The molecule has 7 nitrogen and oxygen atoms in total. The minimum absolute atomic E-state index is 0.110. The van der Waals surface area contributed by atoms with E-state index in [2.05, 4.69) is 20.5 Å². The van der Waals surface area contributed by atoms with Crippen LogP contribution in [0.5, 0.6) is 0 Å². The molecule has 0 spiro atoms. The largest absolute Gasteiger partial charge is 0.300 e. The van der Waals surface area contributed by atoms with Gasteiger partial charge in [0, 0.05) is 23.8 Å². The van der Waals surface area contributed by atoms with Crippen molar-refractivity contribution in [1.29, 1.82) is 0 Å². The van der Waals surface area contributed by atoms with Crippen LogP contribution in [0.2, 0.25) is 0 Å². The van der Waals surface area contributed by atoms with E-state index in [1.807, 2.05) is 27.7 Å². The summed E-state index contributed by atoms with van der Waals surface area (Å²) in [7, 11) is 0. The average molecular weight is 365 g/mol. The van der Waals surface area contributed by atoms with Gasteiger partial charge in [0.1, 0.15) is 5.01 Å². The second kappa shape index (κ2) is 6.29. The molecule has 0 bridgehead atoms. The lowest BCUT2D eigenvalue weighted by atomic mass is 9.92. The van der Waals surface area contributed by atoms with Gasteiger partial charge in [-0.15, -0.1) is 10.2 Å². The summed E-state index contributed by atoms with van der Waals surface area (Å²) in [5.74, 6) is 0.145. The maximum atomic E-state index is 12.4. The molecular formula is C15H19N5O2S2. The Labute approximate surface area is 147 Å². The van der Waals surface area contributed by atoms with E-state index in [4.69, 9.17) is 0 Å². The lowest BCUT2D eigenvalue weighted by Gasteiger charge is -2.26. The number of anilines is 1. The number of rotatable bonds is 2. The quantitative estimate of drug-likeness (QED) is 0.820. The number of carbonyl (C=O) groups excluding carboxylic acids is 1. The van der Waals surface area contributed by atoms with Crippen LogP contribution in [0.4, 0.5) is 5.13 Å². The Morgan fingerprint density at radius 3 is 2.75 bits per heavy atom. The van der Waals surface area contributed by atoms with Crippen LogP contribution in [0.1, 0.15) is 31.5 Å². The highest BCUT2D eigenvalue weighted by molar-refractivity contribution is 7.99. The predicted molar refractivity (Wildman–Crippen MR) is 94.7 cm³/mol. The second-order valence-electron chi connectivity index (χ2n) is 6.75. The molecule has 1 unspecified atom stereocenters. The van der Waals surface area contributed by atoms with E-state index in [0.717, 1.165) is 10.7 Å². The summed E-state index contributed by atoms with van der Waals surface area (Å²) in [5, 5.41) is 12.5. The van der Waals surface area contributed by atoms with Crippen molar-refractivity contribution < 1.29 is 4.79 Å². The molecular weight excluding hydrogens is 346 g/mol. The standard InChI is InChI=1S/C15H19N5O2S2/c1-8-18-19-13(24-8)17-12(22)9-6-20-11(21)5-10(15(2,3)4)16-14(20)23-7-9/h5,9H,6-7H2,1-4H3,(H,17,19,22). The summed E-state index contributed by atoms with van der Waals surface area (Å²) in [5.41, 5.74) is 0.486. The first-order valence-electron chi connectivity index (χ1n) is 7.60. The van der Waals surface area contributed by atoms with Crippen LogP contribution in [0.3, 0.4) is 0 Å². The van der Waals surface area contributed by atoms with E-state index in [9.17, 15) is 9.59 Å². The first kappa shape index (κ1) is 17.1. The number of nitrogens with zero attached hydrogens (tertiary/aromatic N) is 4. The van der Waals surface area contributed by atoms with Gasteiger partial charge >= 0.3 is 0 Å². The van der Waals surface area contributed by atoms with Gasteiger partial charge in [0.2, 0.25) is 11.0 Å². The SMILES string of the molecule is Cc1nnc(NC(=O)C2CSc3nc(C(C)(C)C)cc(=O)n3C2)s1. The summed E-state index contributed by atoms with van der Waals surface area (Å²) in [4.78, 5) is 29.4. The number of fused-ring (bicyclic) bond motifs is 1. The molecule has 128 valence electrons. The van der Waals surface area contributed by atoms with Crippen molar-refractivity contribution in [3.63, 3.8) is 0 Å². The zero-order chi connectivity index (χ0) is 17.5. The van der Waals surface area contributed by atoms with Gasteiger partial charge in [-0.1, -0.05) is 43.9 Å². The molecule has 9 heteroatoms. The van der Waals surface area contributed by atoms with Gasteiger partial charge in [0.25, 0.3) is 5.56 Å². The number of nitrogens with one attached hydrogen (secondary N) is 1. The Kier molecular flexibility index (Phi) is 4.48. The van der Waals surface area contributed by atoms with Crippen LogP contribution in [0.15, 0.2) is 16.0 Å². The third-order valence-corrected chi connectivity index (χ3v) is 5.58. The topological polar surface area (TPSA) is 89.8 Å². The van der Waals surface area contributed by atoms with Crippen molar-refractivity contribution in [2.24, 2.45) is 5.92 Å². The third-order valence-electron chi connectivity index (χ3n) is 3.69. The van der Waals surface area contributed by atoms with Crippen LogP contribution in [-0.4, -0.2) is 31.4 Å². The fourth-order valence-corrected chi connectivity index (χ4v) is 3.99. The number of hydrogen-bond donors (Lipinski definition) is 1. The molecule has 2 aromatic rings. The van der Waals surface area contributed by atoms with Gasteiger partial charge in [0.15, 0.2) is 5.16 Å². The summed E-state index contributed by atoms with van der Waals surface area (Å²) >= 11 is 2.78. The molecule has 0 aromatic carbocycles. The van der Waals surface area contributed by atoms with Crippen LogP contribution < -0.4 is 10.9 Å². The second-order valence-corrected chi connectivity index (χ2v) is 8.92. The minimum Gasteiger partial charge on any atom is -0.300 e. The Bertz CT molecular complexity index is 837. The van der Waals surface area contributed by atoms with Crippen LogP contribution in [0.25, 0.3) is 0 Å². The van der Waals surface area contributed by atoms with Crippen LogP contribution in [0, 0.1) is 12.8 Å². The molecule has 1 aliphatic rings. The highest BCUT2D eigenvalue weighted by Gasteiger charge is 2.29. The molecule has 3 heterocycles. The normalized spacial score (nSPS) is 17.4. The van der Waals surface area contributed by atoms with E-state index in [0.29, 0.717) is 22.6 Å². The monoisotopic (exact) mass is 365 g/mol. The first-order chi connectivity index (χ1) is 11.2. The zero-order valence-electron chi connectivity index (χ0n) is 14.0. The van der Waals surface area contributed by atoms with Crippen molar-refractivity contribution in [3.8, 4) is 0 Å². The van der Waals surface area contributed by atoms with E-state index in [1.54, 1.807) is 10.6 Å². The van der Waals surface area contributed by atoms with Gasteiger partial charge in [-0.25, -0.2) is 4.98 Å². The van der Waals surface area contributed by atoms with E-state index in [-0.39, 0.29) is 22.8 Å². The molecule has 0 saturated carbocycles. The lowest BCUT2D eigenvalue weighted by Crippen LogP contribution is -2.37. The molecule has 24 heavy (non-hydrogen) atoms. The summed E-state index contributed by atoms with van der Waals surface area (Å²) in [6.07, 6.45) is 0. The summed E-state index contributed by atoms with van der Waals surface area (Å²) in [6, 6.07) is 1.57. The van der Waals surface area contributed by atoms with E-state index < -0.39 is 0 Å². The molecule has 1 aliphatic heterocycles. The predicted octanol–water partition coefficient (Wildman–Crippen LogP) is 2.06. The molecule has 0 aliphatic carbocycles. The van der Waals surface area contributed by atoms with Crippen LogP contribution >= 0.6 is 23.1 Å². The molecule has 1 atom stereocenters. The zero-order valence-corrected chi connectivity index (χ0v) is 15.6. The number of thioether (sulfide) groups is 1. The molecule has 0 saturated heterocycles. The number of carbonyl (C=O) groups is 1. The lowest BCUT2D eigenvalue weighted by molar-refractivity contribution is -0.119. The van der Waals surface area contributed by atoms with Gasteiger partial charge in [-0.3, -0.25) is 14.2 Å². The van der Waals surface area contributed by atoms with Gasteiger partial charge in [0.05, 0.1) is 11.6 Å². The molecule has 0 fully saturated rings.